The summed E-state index contributed by atoms with van der Waals surface area (Å²) in [5.41, 5.74) is 0.0934. The van der Waals surface area contributed by atoms with Crippen LogP contribution in [0.1, 0.15) is 42.4 Å². The standard InChI is InChI=1S/C12H17N3O3/c1-3-15-9(7-8(2)14-15)10(16)13-12(11(17)18)5-4-6-12/h7H,3-6H2,1-2H3,(H,13,16)(H,17,18). The first-order chi connectivity index (χ1) is 8.48. The summed E-state index contributed by atoms with van der Waals surface area (Å²) < 4.78 is 1.58. The molecule has 1 fully saturated rings. The maximum Gasteiger partial charge on any atom is 0.329 e. The van der Waals surface area contributed by atoms with Crippen LogP contribution in [0.15, 0.2) is 6.07 Å². The third-order valence-corrected chi connectivity index (χ3v) is 3.40. The number of aromatic nitrogens is 2. The zero-order chi connectivity index (χ0) is 13.3. The van der Waals surface area contributed by atoms with Gasteiger partial charge in [-0.2, -0.15) is 5.10 Å². The van der Waals surface area contributed by atoms with Crippen molar-refractivity contribution < 1.29 is 14.7 Å². The Kier molecular flexibility index (Phi) is 3.11. The fourth-order valence-corrected chi connectivity index (χ4v) is 2.17. The summed E-state index contributed by atoms with van der Waals surface area (Å²) in [7, 11) is 0. The minimum atomic E-state index is -1.08. The monoisotopic (exact) mass is 251 g/mol. The van der Waals surface area contributed by atoms with Gasteiger partial charge < -0.3 is 10.4 Å². The van der Waals surface area contributed by atoms with E-state index in [0.29, 0.717) is 25.1 Å². The molecule has 0 spiro atoms. The molecule has 1 aromatic heterocycles. The van der Waals surface area contributed by atoms with Crippen molar-refractivity contribution in [2.24, 2.45) is 0 Å². The molecule has 1 aromatic rings. The molecule has 0 atom stereocenters. The summed E-state index contributed by atoms with van der Waals surface area (Å²) in [4.78, 5) is 23.3. The average molecular weight is 251 g/mol. The predicted octanol–water partition coefficient (Wildman–Crippen LogP) is 0.949. The summed E-state index contributed by atoms with van der Waals surface area (Å²) in [5.74, 6) is -1.32. The number of carboxylic acids is 1. The smallest absolute Gasteiger partial charge is 0.329 e. The van der Waals surface area contributed by atoms with E-state index in [4.69, 9.17) is 0 Å². The van der Waals surface area contributed by atoms with Crippen molar-refractivity contribution in [3.05, 3.63) is 17.5 Å². The lowest BCUT2D eigenvalue weighted by Crippen LogP contribution is -2.59. The summed E-state index contributed by atoms with van der Waals surface area (Å²) in [6.07, 6.45) is 1.82. The zero-order valence-corrected chi connectivity index (χ0v) is 10.6. The maximum atomic E-state index is 12.1. The van der Waals surface area contributed by atoms with Crippen molar-refractivity contribution in [2.45, 2.75) is 45.2 Å². The number of nitrogens with one attached hydrogen (secondary N) is 1. The number of carbonyl (C=O) groups excluding carboxylic acids is 1. The van der Waals surface area contributed by atoms with E-state index in [-0.39, 0.29) is 5.91 Å². The highest BCUT2D eigenvalue weighted by Crippen LogP contribution is 2.32. The molecule has 0 aliphatic heterocycles. The predicted molar refractivity (Wildman–Crippen MR) is 64.3 cm³/mol. The summed E-state index contributed by atoms with van der Waals surface area (Å²) in [5, 5.41) is 16.0. The number of amides is 1. The number of carbonyl (C=O) groups is 2. The lowest BCUT2D eigenvalue weighted by Gasteiger charge is -2.38. The van der Waals surface area contributed by atoms with Gasteiger partial charge in [0.2, 0.25) is 0 Å². The second kappa shape index (κ2) is 4.44. The van der Waals surface area contributed by atoms with Crippen LogP contribution in [0.4, 0.5) is 0 Å². The van der Waals surface area contributed by atoms with E-state index in [0.717, 1.165) is 12.1 Å². The van der Waals surface area contributed by atoms with Crippen LogP contribution in [0.5, 0.6) is 0 Å². The van der Waals surface area contributed by atoms with Crippen molar-refractivity contribution in [3.63, 3.8) is 0 Å². The van der Waals surface area contributed by atoms with Crippen LogP contribution in [0.2, 0.25) is 0 Å². The van der Waals surface area contributed by atoms with E-state index in [2.05, 4.69) is 10.4 Å². The zero-order valence-electron chi connectivity index (χ0n) is 10.6. The molecular weight excluding hydrogens is 234 g/mol. The third kappa shape index (κ3) is 1.98. The minimum Gasteiger partial charge on any atom is -0.480 e. The lowest BCUT2D eigenvalue weighted by atomic mass is 9.76. The van der Waals surface area contributed by atoms with Gasteiger partial charge in [-0.25, -0.2) is 4.79 Å². The van der Waals surface area contributed by atoms with E-state index >= 15 is 0 Å². The van der Waals surface area contributed by atoms with Crippen LogP contribution in [0, 0.1) is 6.92 Å². The molecule has 1 aliphatic carbocycles. The van der Waals surface area contributed by atoms with Crippen LogP contribution in [-0.2, 0) is 11.3 Å². The molecule has 0 aromatic carbocycles. The van der Waals surface area contributed by atoms with Gasteiger partial charge in [-0.1, -0.05) is 0 Å². The normalized spacial score (nSPS) is 17.0. The number of hydrogen-bond donors (Lipinski definition) is 2. The van der Waals surface area contributed by atoms with E-state index in [1.807, 2.05) is 6.92 Å². The molecule has 0 saturated heterocycles. The van der Waals surface area contributed by atoms with Gasteiger partial charge in [0.05, 0.1) is 5.69 Å². The van der Waals surface area contributed by atoms with Gasteiger partial charge in [0.15, 0.2) is 0 Å². The molecular formula is C12H17N3O3. The molecule has 0 bridgehead atoms. The number of aliphatic carboxylic acids is 1. The minimum absolute atomic E-state index is 0.362. The molecule has 1 heterocycles. The van der Waals surface area contributed by atoms with Gasteiger partial charge >= 0.3 is 5.97 Å². The van der Waals surface area contributed by atoms with Gasteiger partial charge in [-0.15, -0.1) is 0 Å². The quantitative estimate of drug-likeness (QED) is 0.834. The van der Waals surface area contributed by atoms with Gasteiger partial charge in [0, 0.05) is 6.54 Å². The lowest BCUT2D eigenvalue weighted by molar-refractivity contribution is -0.148. The van der Waals surface area contributed by atoms with Crippen molar-refractivity contribution in [1.82, 2.24) is 15.1 Å². The molecule has 1 aliphatic rings. The van der Waals surface area contributed by atoms with Crippen molar-refractivity contribution in [3.8, 4) is 0 Å². The second-order valence-corrected chi connectivity index (χ2v) is 4.68. The summed E-state index contributed by atoms with van der Waals surface area (Å²) in [6, 6.07) is 1.67. The van der Waals surface area contributed by atoms with E-state index in [9.17, 15) is 14.7 Å². The Morgan fingerprint density at radius 1 is 1.56 bits per heavy atom. The van der Waals surface area contributed by atoms with Crippen LogP contribution < -0.4 is 5.32 Å². The second-order valence-electron chi connectivity index (χ2n) is 4.68. The molecule has 2 rings (SSSR count). The molecule has 6 nitrogen and oxygen atoms in total. The maximum absolute atomic E-state index is 12.1. The fraction of sp³-hybridized carbons (Fsp3) is 0.583. The average Bonchev–Trinajstić information content (AvgIpc) is 2.64. The molecule has 2 N–H and O–H groups in total. The highest BCUT2D eigenvalue weighted by atomic mass is 16.4. The Morgan fingerprint density at radius 3 is 2.67 bits per heavy atom. The summed E-state index contributed by atoms with van der Waals surface area (Å²) in [6.45, 7) is 4.27. The van der Waals surface area contributed by atoms with Crippen molar-refractivity contribution >= 4 is 11.9 Å². The Labute approximate surface area is 105 Å². The van der Waals surface area contributed by atoms with Crippen LogP contribution in [0.3, 0.4) is 0 Å². The molecule has 18 heavy (non-hydrogen) atoms. The number of nitrogens with zero attached hydrogens (tertiary/aromatic N) is 2. The van der Waals surface area contributed by atoms with Crippen LogP contribution in [-0.4, -0.2) is 32.3 Å². The summed E-state index contributed by atoms with van der Waals surface area (Å²) >= 11 is 0. The van der Waals surface area contributed by atoms with Gasteiger partial charge in [0.25, 0.3) is 5.91 Å². The first-order valence-electron chi connectivity index (χ1n) is 6.09. The highest BCUT2D eigenvalue weighted by Gasteiger charge is 2.46. The molecule has 0 radical (unpaired) electrons. The molecule has 1 saturated carbocycles. The first-order valence-corrected chi connectivity index (χ1v) is 6.09. The molecule has 6 heteroatoms. The highest BCUT2D eigenvalue weighted by molar-refractivity contribution is 5.97. The number of carboxylic acid groups (broad SMARTS) is 1. The Hall–Kier alpha value is -1.85. The topological polar surface area (TPSA) is 84.2 Å². The largest absolute Gasteiger partial charge is 0.480 e. The number of hydrogen-bond acceptors (Lipinski definition) is 3. The van der Waals surface area contributed by atoms with Crippen LogP contribution >= 0.6 is 0 Å². The SMILES string of the molecule is CCn1nc(C)cc1C(=O)NC1(C(=O)O)CCC1. The van der Waals surface area contributed by atoms with E-state index < -0.39 is 11.5 Å². The number of rotatable bonds is 4. The van der Waals surface area contributed by atoms with E-state index in [1.54, 1.807) is 17.7 Å². The van der Waals surface area contributed by atoms with Gasteiger partial charge in [-0.3, -0.25) is 9.48 Å². The molecule has 0 unspecified atom stereocenters. The van der Waals surface area contributed by atoms with Crippen molar-refractivity contribution in [1.29, 1.82) is 0 Å². The Balaban J connectivity index is 2.19. The Bertz CT molecular complexity index is 489. The first kappa shape index (κ1) is 12.6. The molecule has 1 amide bonds. The fourth-order valence-electron chi connectivity index (χ4n) is 2.17. The van der Waals surface area contributed by atoms with Gasteiger partial charge in [0.1, 0.15) is 11.2 Å². The van der Waals surface area contributed by atoms with Gasteiger partial charge in [-0.05, 0) is 39.2 Å². The third-order valence-electron chi connectivity index (χ3n) is 3.40. The molecule has 98 valence electrons. The van der Waals surface area contributed by atoms with E-state index in [1.165, 1.54) is 0 Å². The Morgan fingerprint density at radius 2 is 2.22 bits per heavy atom. The van der Waals surface area contributed by atoms with Crippen molar-refractivity contribution in [2.75, 3.05) is 0 Å². The van der Waals surface area contributed by atoms with Crippen LogP contribution in [0.25, 0.3) is 0 Å². The number of aryl methyl sites for hydroxylation is 2.